The molecule has 1 fully saturated rings. The molecule has 6 heteroatoms. The Bertz CT molecular complexity index is 806. The predicted molar refractivity (Wildman–Crippen MR) is 106 cm³/mol. The number of benzene rings is 1. The molecule has 0 aliphatic heterocycles. The number of likely N-dealkylation sites (N-methyl/N-ethyl adjacent to an activating group) is 1. The zero-order valence-electron chi connectivity index (χ0n) is 16.6. The van der Waals surface area contributed by atoms with Gasteiger partial charge in [0.2, 0.25) is 11.8 Å². The van der Waals surface area contributed by atoms with Crippen LogP contribution in [0.5, 0.6) is 0 Å². The molecule has 0 spiro atoms. The first-order chi connectivity index (χ1) is 13.0. The van der Waals surface area contributed by atoms with Crippen LogP contribution >= 0.6 is 0 Å². The predicted octanol–water partition coefficient (Wildman–Crippen LogP) is 3.10. The van der Waals surface area contributed by atoms with Gasteiger partial charge < -0.3 is 14.8 Å². The first-order valence-corrected chi connectivity index (χ1v) is 9.95. The van der Waals surface area contributed by atoms with Crippen LogP contribution in [0.25, 0.3) is 11.0 Å². The van der Waals surface area contributed by atoms with Crippen molar-refractivity contribution in [3.05, 3.63) is 30.1 Å². The van der Waals surface area contributed by atoms with Gasteiger partial charge >= 0.3 is 0 Å². The molecule has 3 rings (SSSR count). The first kappa shape index (κ1) is 19.4. The Morgan fingerprint density at radius 3 is 2.63 bits per heavy atom. The van der Waals surface area contributed by atoms with E-state index in [9.17, 15) is 9.59 Å². The van der Waals surface area contributed by atoms with E-state index in [4.69, 9.17) is 0 Å². The molecular weight excluding hydrogens is 340 g/mol. The molecule has 1 heterocycles. The Morgan fingerprint density at radius 2 is 1.93 bits per heavy atom. The topological polar surface area (TPSA) is 67.2 Å². The van der Waals surface area contributed by atoms with Gasteiger partial charge in [0.25, 0.3) is 0 Å². The highest BCUT2D eigenvalue weighted by Gasteiger charge is 2.23. The lowest BCUT2D eigenvalue weighted by molar-refractivity contribution is -0.133. The number of imidazole rings is 1. The number of carbonyl (C=O) groups is 2. The van der Waals surface area contributed by atoms with Gasteiger partial charge in [-0.2, -0.15) is 0 Å². The van der Waals surface area contributed by atoms with Gasteiger partial charge in [0, 0.05) is 19.0 Å². The summed E-state index contributed by atoms with van der Waals surface area (Å²) in [5.41, 5.74) is 1.77. The molecule has 1 aliphatic rings. The highest BCUT2D eigenvalue weighted by atomic mass is 16.2. The van der Waals surface area contributed by atoms with Crippen molar-refractivity contribution >= 4 is 22.8 Å². The molecule has 0 radical (unpaired) electrons. The van der Waals surface area contributed by atoms with E-state index >= 15 is 0 Å². The monoisotopic (exact) mass is 370 g/mol. The zero-order valence-corrected chi connectivity index (χ0v) is 16.6. The molecular formula is C21H30N4O2. The maximum atomic E-state index is 12.9. The molecule has 1 aromatic heterocycles. The Balaban J connectivity index is 1.80. The van der Waals surface area contributed by atoms with E-state index in [-0.39, 0.29) is 24.3 Å². The van der Waals surface area contributed by atoms with Gasteiger partial charge in [-0.25, -0.2) is 4.98 Å². The molecule has 27 heavy (non-hydrogen) atoms. The SMILES string of the molecule is CC(C)C(=O)NCc1nc2ccccc2n1CC(=O)N(C)C1CCCCC1. The molecule has 6 nitrogen and oxygen atoms in total. The van der Waals surface area contributed by atoms with E-state index in [1.54, 1.807) is 0 Å². The van der Waals surface area contributed by atoms with Crippen molar-refractivity contribution in [1.82, 2.24) is 19.8 Å². The third kappa shape index (κ3) is 4.49. The molecule has 0 atom stereocenters. The number of nitrogens with zero attached hydrogens (tertiary/aromatic N) is 3. The van der Waals surface area contributed by atoms with Gasteiger partial charge in [0.15, 0.2) is 0 Å². The van der Waals surface area contributed by atoms with Gasteiger partial charge in [0.05, 0.1) is 17.6 Å². The van der Waals surface area contributed by atoms with Crippen LogP contribution < -0.4 is 5.32 Å². The van der Waals surface area contributed by atoms with Crippen molar-refractivity contribution in [2.24, 2.45) is 5.92 Å². The van der Waals surface area contributed by atoms with Crippen molar-refractivity contribution in [2.75, 3.05) is 7.05 Å². The lowest BCUT2D eigenvalue weighted by Gasteiger charge is -2.31. The van der Waals surface area contributed by atoms with Crippen molar-refractivity contribution in [1.29, 1.82) is 0 Å². The fraction of sp³-hybridized carbons (Fsp3) is 0.571. The van der Waals surface area contributed by atoms with Crippen LogP contribution in [-0.4, -0.2) is 39.4 Å². The molecule has 1 N–H and O–H groups in total. The molecule has 0 unspecified atom stereocenters. The lowest BCUT2D eigenvalue weighted by atomic mass is 9.94. The van der Waals surface area contributed by atoms with Crippen LogP contribution in [0.4, 0.5) is 0 Å². The maximum absolute atomic E-state index is 12.9. The Hall–Kier alpha value is -2.37. The lowest BCUT2D eigenvalue weighted by Crippen LogP contribution is -2.40. The molecule has 1 aliphatic carbocycles. The van der Waals surface area contributed by atoms with Gasteiger partial charge in [0.1, 0.15) is 12.4 Å². The summed E-state index contributed by atoms with van der Waals surface area (Å²) in [4.78, 5) is 31.5. The second-order valence-electron chi connectivity index (χ2n) is 7.77. The highest BCUT2D eigenvalue weighted by Crippen LogP contribution is 2.23. The summed E-state index contributed by atoms with van der Waals surface area (Å²) in [5.74, 6) is 0.721. The van der Waals surface area contributed by atoms with Crippen LogP contribution in [-0.2, 0) is 22.7 Å². The van der Waals surface area contributed by atoms with E-state index in [1.807, 2.05) is 54.6 Å². The van der Waals surface area contributed by atoms with Crippen LogP contribution in [0, 0.1) is 5.92 Å². The smallest absolute Gasteiger partial charge is 0.242 e. The Labute approximate surface area is 160 Å². The van der Waals surface area contributed by atoms with E-state index in [0.717, 1.165) is 29.7 Å². The van der Waals surface area contributed by atoms with Crippen LogP contribution in [0.2, 0.25) is 0 Å². The minimum atomic E-state index is -0.0816. The van der Waals surface area contributed by atoms with Crippen molar-refractivity contribution in [3.63, 3.8) is 0 Å². The third-order valence-corrected chi connectivity index (χ3v) is 5.49. The number of carbonyl (C=O) groups excluding carboxylic acids is 2. The fourth-order valence-electron chi connectivity index (χ4n) is 3.73. The zero-order chi connectivity index (χ0) is 19.4. The molecule has 0 bridgehead atoms. The molecule has 2 aromatic rings. The van der Waals surface area contributed by atoms with E-state index < -0.39 is 0 Å². The number of rotatable bonds is 6. The van der Waals surface area contributed by atoms with Gasteiger partial charge in [-0.05, 0) is 25.0 Å². The summed E-state index contributed by atoms with van der Waals surface area (Å²) in [6.45, 7) is 4.30. The minimum Gasteiger partial charge on any atom is -0.349 e. The van der Waals surface area contributed by atoms with E-state index in [2.05, 4.69) is 10.3 Å². The van der Waals surface area contributed by atoms with Crippen LogP contribution in [0.15, 0.2) is 24.3 Å². The maximum Gasteiger partial charge on any atom is 0.242 e. The first-order valence-electron chi connectivity index (χ1n) is 9.95. The number of hydrogen-bond donors (Lipinski definition) is 1. The number of hydrogen-bond acceptors (Lipinski definition) is 3. The Kier molecular flexibility index (Phi) is 6.14. The second-order valence-corrected chi connectivity index (χ2v) is 7.77. The molecule has 146 valence electrons. The van der Waals surface area contributed by atoms with Crippen molar-refractivity contribution < 1.29 is 9.59 Å². The number of para-hydroxylation sites is 2. The van der Waals surface area contributed by atoms with E-state index in [0.29, 0.717) is 12.6 Å². The number of aromatic nitrogens is 2. The third-order valence-electron chi connectivity index (χ3n) is 5.49. The summed E-state index contributed by atoms with van der Waals surface area (Å²) in [6, 6.07) is 8.14. The summed E-state index contributed by atoms with van der Waals surface area (Å²) in [6.07, 6.45) is 5.84. The highest BCUT2D eigenvalue weighted by molar-refractivity contribution is 5.81. The average Bonchev–Trinajstić information content (AvgIpc) is 3.03. The molecule has 1 saturated carbocycles. The number of nitrogens with one attached hydrogen (secondary N) is 1. The van der Waals surface area contributed by atoms with Crippen LogP contribution in [0.1, 0.15) is 51.8 Å². The summed E-state index contributed by atoms with van der Waals surface area (Å²) in [5, 5.41) is 2.92. The number of fused-ring (bicyclic) bond motifs is 1. The van der Waals surface area contributed by atoms with E-state index in [1.165, 1.54) is 19.3 Å². The van der Waals surface area contributed by atoms with Crippen molar-refractivity contribution in [2.45, 2.75) is 65.1 Å². The number of amides is 2. The largest absolute Gasteiger partial charge is 0.349 e. The molecule has 2 amide bonds. The Morgan fingerprint density at radius 1 is 1.22 bits per heavy atom. The molecule has 1 aromatic carbocycles. The quantitative estimate of drug-likeness (QED) is 0.850. The van der Waals surface area contributed by atoms with Gasteiger partial charge in [-0.1, -0.05) is 45.2 Å². The normalized spacial score (nSPS) is 15.3. The summed E-state index contributed by atoms with van der Waals surface area (Å²) >= 11 is 0. The summed E-state index contributed by atoms with van der Waals surface area (Å²) < 4.78 is 1.94. The average molecular weight is 370 g/mol. The van der Waals surface area contributed by atoms with Crippen LogP contribution in [0.3, 0.4) is 0 Å². The molecule has 0 saturated heterocycles. The van der Waals surface area contributed by atoms with Crippen molar-refractivity contribution in [3.8, 4) is 0 Å². The van der Waals surface area contributed by atoms with Gasteiger partial charge in [-0.15, -0.1) is 0 Å². The standard InChI is InChI=1S/C21H30N4O2/c1-15(2)21(27)22-13-19-23-17-11-7-8-12-18(17)25(19)14-20(26)24(3)16-9-5-4-6-10-16/h7-8,11-12,15-16H,4-6,9-10,13-14H2,1-3H3,(H,22,27). The minimum absolute atomic E-state index is 0.0146. The van der Waals surface area contributed by atoms with Gasteiger partial charge in [-0.3, -0.25) is 9.59 Å². The fourth-order valence-corrected chi connectivity index (χ4v) is 3.73. The second kappa shape index (κ2) is 8.55. The summed E-state index contributed by atoms with van der Waals surface area (Å²) in [7, 11) is 1.91.